The average molecular weight is 313 g/mol. The summed E-state index contributed by atoms with van der Waals surface area (Å²) in [7, 11) is 0. The Morgan fingerprint density at radius 3 is 2.80 bits per heavy atom. The molecule has 0 aliphatic rings. The van der Waals surface area contributed by atoms with Gasteiger partial charge >= 0.3 is 0 Å². The second-order valence-electron chi connectivity index (χ2n) is 4.25. The first-order valence-corrected chi connectivity index (χ1v) is 7.08. The molecule has 2 heterocycles. The van der Waals surface area contributed by atoms with E-state index >= 15 is 0 Å². The Morgan fingerprint density at radius 2 is 2.20 bits per heavy atom. The molecule has 5 nitrogen and oxygen atoms in total. The first-order chi connectivity index (χ1) is 9.47. The van der Waals surface area contributed by atoms with E-state index in [4.69, 9.17) is 11.6 Å². The molecule has 1 atom stereocenters. The zero-order valence-corrected chi connectivity index (χ0v) is 12.2. The van der Waals surface area contributed by atoms with Gasteiger partial charge in [0, 0.05) is 17.1 Å². The summed E-state index contributed by atoms with van der Waals surface area (Å²) in [5.41, 5.74) is 0.253. The minimum atomic E-state index is -0.846. The largest absolute Gasteiger partial charge is 0.386 e. The molecule has 7 heteroatoms. The molecule has 0 aliphatic carbocycles. The van der Waals surface area contributed by atoms with Crippen molar-refractivity contribution in [3.8, 4) is 0 Å². The number of amides is 1. The van der Waals surface area contributed by atoms with Crippen molar-refractivity contribution < 1.29 is 9.90 Å². The highest BCUT2D eigenvalue weighted by Gasteiger charge is 2.14. The summed E-state index contributed by atoms with van der Waals surface area (Å²) in [6.07, 6.45) is -0.846. The van der Waals surface area contributed by atoms with E-state index in [9.17, 15) is 14.7 Å². The van der Waals surface area contributed by atoms with E-state index in [2.05, 4.69) is 10.3 Å². The predicted octanol–water partition coefficient (Wildman–Crippen LogP) is 1.86. The van der Waals surface area contributed by atoms with Crippen LogP contribution >= 0.6 is 22.9 Å². The number of hydrogen-bond acceptors (Lipinski definition) is 4. The fraction of sp³-hybridized carbons (Fsp3) is 0.231. The van der Waals surface area contributed by atoms with Crippen LogP contribution in [-0.2, 0) is 0 Å². The van der Waals surface area contributed by atoms with E-state index in [0.29, 0.717) is 14.9 Å². The lowest BCUT2D eigenvalue weighted by molar-refractivity contribution is 0.0916. The Hall–Kier alpha value is -1.63. The van der Waals surface area contributed by atoms with Crippen LogP contribution in [0.15, 0.2) is 29.1 Å². The lowest BCUT2D eigenvalue weighted by Gasteiger charge is -2.10. The maximum atomic E-state index is 11.9. The molecular weight excluding hydrogens is 300 g/mol. The van der Waals surface area contributed by atoms with Gasteiger partial charge in [0.15, 0.2) is 0 Å². The van der Waals surface area contributed by atoms with Crippen LogP contribution < -0.4 is 10.9 Å². The highest BCUT2D eigenvalue weighted by molar-refractivity contribution is 7.16. The number of pyridine rings is 1. The molecule has 2 aromatic rings. The number of aliphatic hydroxyl groups excluding tert-OH is 1. The van der Waals surface area contributed by atoms with Gasteiger partial charge in [0.2, 0.25) is 0 Å². The molecule has 0 radical (unpaired) electrons. The smallest absolute Gasteiger partial charge is 0.260 e. The van der Waals surface area contributed by atoms with Crippen LogP contribution in [0.4, 0.5) is 0 Å². The zero-order chi connectivity index (χ0) is 14.7. The van der Waals surface area contributed by atoms with E-state index in [1.165, 1.54) is 17.4 Å². The Bertz CT molecular complexity index is 680. The lowest BCUT2D eigenvalue weighted by atomic mass is 10.2. The Morgan fingerprint density at radius 1 is 1.45 bits per heavy atom. The van der Waals surface area contributed by atoms with Gasteiger partial charge in [0.05, 0.1) is 4.34 Å². The third-order valence-corrected chi connectivity index (χ3v) is 4.01. The molecule has 0 aliphatic heterocycles. The number of hydrogen-bond donors (Lipinski definition) is 3. The number of aliphatic hydroxyl groups is 1. The summed E-state index contributed by atoms with van der Waals surface area (Å²) in [6.45, 7) is 1.75. The van der Waals surface area contributed by atoms with Crippen LogP contribution in [0.2, 0.25) is 4.34 Å². The zero-order valence-electron chi connectivity index (χ0n) is 10.6. The molecule has 20 heavy (non-hydrogen) atoms. The maximum absolute atomic E-state index is 11.9. The van der Waals surface area contributed by atoms with Crippen LogP contribution in [0.5, 0.6) is 0 Å². The van der Waals surface area contributed by atoms with E-state index in [0.717, 1.165) is 0 Å². The quantitative estimate of drug-likeness (QED) is 0.806. The first kappa shape index (κ1) is 14.8. The van der Waals surface area contributed by atoms with Crippen molar-refractivity contribution in [1.29, 1.82) is 0 Å². The minimum absolute atomic E-state index is 0.0169. The topological polar surface area (TPSA) is 82.2 Å². The van der Waals surface area contributed by atoms with Crippen LogP contribution in [0.3, 0.4) is 0 Å². The molecule has 0 unspecified atom stereocenters. The molecule has 0 aromatic carbocycles. The number of halogens is 1. The molecule has 2 aromatic heterocycles. The van der Waals surface area contributed by atoms with E-state index in [1.54, 1.807) is 25.1 Å². The number of aryl methyl sites for hydroxylation is 1. The van der Waals surface area contributed by atoms with Crippen LogP contribution in [0, 0.1) is 6.92 Å². The molecule has 1 amide bonds. The first-order valence-electron chi connectivity index (χ1n) is 5.89. The Balaban J connectivity index is 2.00. The SMILES string of the molecule is Cc1ccc(C(=O)NC[C@H](O)c2ccc(Cl)s2)c(=O)[nH]1. The number of carbonyl (C=O) groups excluding carboxylic acids is 1. The van der Waals surface area contributed by atoms with Crippen LogP contribution in [0.25, 0.3) is 0 Å². The van der Waals surface area contributed by atoms with Gasteiger partial charge in [-0.05, 0) is 31.2 Å². The molecular formula is C13H13ClN2O3S. The molecule has 3 N–H and O–H groups in total. The third-order valence-electron chi connectivity index (χ3n) is 2.68. The Labute approximate surface area is 124 Å². The fourth-order valence-electron chi connectivity index (χ4n) is 1.64. The maximum Gasteiger partial charge on any atom is 0.260 e. The summed E-state index contributed by atoms with van der Waals surface area (Å²) in [5.74, 6) is -0.520. The van der Waals surface area contributed by atoms with Crippen LogP contribution in [-0.4, -0.2) is 22.5 Å². The van der Waals surface area contributed by atoms with Crippen molar-refractivity contribution in [3.05, 3.63) is 55.1 Å². The van der Waals surface area contributed by atoms with Crippen molar-refractivity contribution in [1.82, 2.24) is 10.3 Å². The highest BCUT2D eigenvalue weighted by Crippen LogP contribution is 2.26. The average Bonchev–Trinajstić information content (AvgIpc) is 2.82. The van der Waals surface area contributed by atoms with E-state index < -0.39 is 17.6 Å². The van der Waals surface area contributed by atoms with E-state index in [1.807, 2.05) is 0 Å². The summed E-state index contributed by atoms with van der Waals surface area (Å²) >= 11 is 7.02. The normalized spacial score (nSPS) is 12.2. The van der Waals surface area contributed by atoms with Gasteiger partial charge in [-0.2, -0.15) is 0 Å². The number of aromatic nitrogens is 1. The van der Waals surface area contributed by atoms with Crippen LogP contribution in [0.1, 0.15) is 27.0 Å². The molecule has 0 fully saturated rings. The standard InChI is InChI=1S/C13H13ClN2O3S/c1-7-2-3-8(13(19)16-7)12(18)15-6-9(17)10-4-5-11(14)20-10/h2-5,9,17H,6H2,1H3,(H,15,18)(H,16,19)/t9-/m0/s1. The minimum Gasteiger partial charge on any atom is -0.386 e. The second-order valence-corrected chi connectivity index (χ2v) is 6.00. The van der Waals surface area contributed by atoms with Gasteiger partial charge in [0.25, 0.3) is 11.5 Å². The highest BCUT2D eigenvalue weighted by atomic mass is 35.5. The fourth-order valence-corrected chi connectivity index (χ4v) is 2.69. The van der Waals surface area contributed by atoms with E-state index in [-0.39, 0.29) is 12.1 Å². The summed E-state index contributed by atoms with van der Waals surface area (Å²) in [4.78, 5) is 26.7. The monoisotopic (exact) mass is 312 g/mol. The van der Waals surface area contributed by atoms with Gasteiger partial charge < -0.3 is 15.4 Å². The summed E-state index contributed by atoms with van der Waals surface area (Å²) in [6, 6.07) is 6.48. The molecule has 0 saturated heterocycles. The molecule has 0 bridgehead atoms. The molecule has 106 valence electrons. The van der Waals surface area contributed by atoms with Crippen molar-refractivity contribution >= 4 is 28.8 Å². The summed E-state index contributed by atoms with van der Waals surface area (Å²) < 4.78 is 0.570. The number of nitrogens with one attached hydrogen (secondary N) is 2. The number of carbonyl (C=O) groups is 1. The molecule has 0 saturated carbocycles. The van der Waals surface area contributed by atoms with Gasteiger partial charge in [-0.25, -0.2) is 0 Å². The Kier molecular flexibility index (Phi) is 4.59. The second kappa shape index (κ2) is 6.21. The number of rotatable bonds is 4. The number of thiophene rings is 1. The number of H-pyrrole nitrogens is 1. The van der Waals surface area contributed by atoms with Gasteiger partial charge in [0.1, 0.15) is 11.7 Å². The van der Waals surface area contributed by atoms with Crippen molar-refractivity contribution in [2.75, 3.05) is 6.54 Å². The van der Waals surface area contributed by atoms with Gasteiger partial charge in [-0.15, -0.1) is 11.3 Å². The molecule has 2 rings (SSSR count). The van der Waals surface area contributed by atoms with Gasteiger partial charge in [-0.1, -0.05) is 11.6 Å². The third kappa shape index (κ3) is 3.47. The lowest BCUT2D eigenvalue weighted by Crippen LogP contribution is -2.32. The van der Waals surface area contributed by atoms with Gasteiger partial charge in [-0.3, -0.25) is 9.59 Å². The summed E-state index contributed by atoms with van der Waals surface area (Å²) in [5, 5.41) is 12.4. The van der Waals surface area contributed by atoms with Crippen molar-refractivity contribution in [2.45, 2.75) is 13.0 Å². The predicted molar refractivity (Wildman–Crippen MR) is 78.4 cm³/mol. The molecule has 0 spiro atoms. The number of aromatic amines is 1. The van der Waals surface area contributed by atoms with Crippen molar-refractivity contribution in [2.24, 2.45) is 0 Å². The van der Waals surface area contributed by atoms with Crippen molar-refractivity contribution in [3.63, 3.8) is 0 Å².